The molecule has 1 aromatic rings. The van der Waals surface area contributed by atoms with Gasteiger partial charge in [0.15, 0.2) is 11.6 Å². The van der Waals surface area contributed by atoms with Crippen LogP contribution in [0.4, 0.5) is 16.2 Å². The Labute approximate surface area is 102 Å². The zero-order valence-corrected chi connectivity index (χ0v) is 10.4. The predicted octanol–water partition coefficient (Wildman–Crippen LogP) is 0.980. The summed E-state index contributed by atoms with van der Waals surface area (Å²) in [5.74, 6) is 1.47. The molecule has 2 N–H and O–H groups in total. The topological polar surface area (TPSA) is 66.9 Å². The third-order valence-electron chi connectivity index (χ3n) is 2.70. The van der Waals surface area contributed by atoms with E-state index in [2.05, 4.69) is 20.6 Å². The van der Waals surface area contributed by atoms with E-state index in [1.54, 1.807) is 7.05 Å². The summed E-state index contributed by atoms with van der Waals surface area (Å²) in [4.78, 5) is 7.80. The smallest absolute Gasteiger partial charge is 0.224 e. The lowest BCUT2D eigenvalue weighted by Gasteiger charge is -2.23. The summed E-state index contributed by atoms with van der Waals surface area (Å²) in [7, 11) is 0.972. The SMILES string of the molecule is CNc1ncc(F)c(NC2CCS(=O)CC2)n1. The first-order chi connectivity index (χ1) is 8.19. The highest BCUT2D eigenvalue weighted by molar-refractivity contribution is 7.85. The van der Waals surface area contributed by atoms with Crippen LogP contribution in [0, 0.1) is 5.82 Å². The first-order valence-corrected chi connectivity index (χ1v) is 6.99. The van der Waals surface area contributed by atoms with Gasteiger partial charge in [-0.3, -0.25) is 4.21 Å². The molecule has 7 heteroatoms. The van der Waals surface area contributed by atoms with Crippen molar-refractivity contribution in [3.8, 4) is 0 Å². The highest BCUT2D eigenvalue weighted by Gasteiger charge is 2.19. The largest absolute Gasteiger partial charge is 0.365 e. The van der Waals surface area contributed by atoms with E-state index < -0.39 is 16.6 Å². The maximum atomic E-state index is 13.5. The molecule has 0 spiro atoms. The highest BCUT2D eigenvalue weighted by atomic mass is 32.2. The zero-order valence-electron chi connectivity index (χ0n) is 9.57. The second-order valence-electron chi connectivity index (χ2n) is 3.91. The average molecular weight is 258 g/mol. The van der Waals surface area contributed by atoms with Gasteiger partial charge in [0.2, 0.25) is 5.95 Å². The number of nitrogens with zero attached hydrogens (tertiary/aromatic N) is 2. The molecule has 0 radical (unpaired) electrons. The summed E-state index contributed by atoms with van der Waals surface area (Å²) in [6, 6.07) is 0.141. The Morgan fingerprint density at radius 1 is 1.47 bits per heavy atom. The monoisotopic (exact) mass is 258 g/mol. The fourth-order valence-electron chi connectivity index (χ4n) is 1.72. The van der Waals surface area contributed by atoms with Gasteiger partial charge in [-0.25, -0.2) is 9.37 Å². The van der Waals surface area contributed by atoms with E-state index in [0.29, 0.717) is 17.5 Å². The molecular weight excluding hydrogens is 243 g/mol. The first kappa shape index (κ1) is 12.2. The van der Waals surface area contributed by atoms with Crippen LogP contribution in [0.1, 0.15) is 12.8 Å². The van der Waals surface area contributed by atoms with Crippen molar-refractivity contribution in [1.29, 1.82) is 0 Å². The molecule has 0 unspecified atom stereocenters. The lowest BCUT2D eigenvalue weighted by atomic mass is 10.1. The summed E-state index contributed by atoms with van der Waals surface area (Å²) in [5.41, 5.74) is 0. The molecule has 1 saturated heterocycles. The van der Waals surface area contributed by atoms with Crippen molar-refractivity contribution in [3.63, 3.8) is 0 Å². The average Bonchev–Trinajstić information content (AvgIpc) is 2.35. The highest BCUT2D eigenvalue weighted by Crippen LogP contribution is 2.17. The van der Waals surface area contributed by atoms with E-state index in [1.165, 1.54) is 0 Å². The minimum atomic E-state index is -0.709. The summed E-state index contributed by atoms with van der Waals surface area (Å²) in [5, 5.41) is 5.81. The van der Waals surface area contributed by atoms with Crippen LogP contribution in [0.25, 0.3) is 0 Å². The molecule has 0 bridgehead atoms. The van der Waals surface area contributed by atoms with Crippen molar-refractivity contribution >= 4 is 22.6 Å². The zero-order chi connectivity index (χ0) is 12.3. The summed E-state index contributed by atoms with van der Waals surface area (Å²) in [6.07, 6.45) is 2.71. The Hall–Kier alpha value is -1.24. The Morgan fingerprint density at radius 2 is 2.18 bits per heavy atom. The number of hydrogen-bond acceptors (Lipinski definition) is 5. The molecule has 0 aliphatic carbocycles. The lowest BCUT2D eigenvalue weighted by Crippen LogP contribution is -2.30. The number of nitrogens with one attached hydrogen (secondary N) is 2. The lowest BCUT2D eigenvalue weighted by molar-refractivity contribution is 0.594. The quantitative estimate of drug-likeness (QED) is 0.846. The predicted molar refractivity (Wildman–Crippen MR) is 66.1 cm³/mol. The van der Waals surface area contributed by atoms with Gasteiger partial charge in [-0.1, -0.05) is 0 Å². The minimum absolute atomic E-state index is 0.141. The van der Waals surface area contributed by atoms with Gasteiger partial charge in [0, 0.05) is 35.4 Å². The third kappa shape index (κ3) is 3.12. The Balaban J connectivity index is 2.04. The number of rotatable bonds is 3. The maximum absolute atomic E-state index is 13.5. The van der Waals surface area contributed by atoms with Gasteiger partial charge in [0.1, 0.15) is 0 Å². The Bertz CT molecular complexity index is 419. The number of hydrogen-bond donors (Lipinski definition) is 2. The summed E-state index contributed by atoms with van der Waals surface area (Å²) >= 11 is 0. The van der Waals surface area contributed by atoms with E-state index in [9.17, 15) is 8.60 Å². The fourth-order valence-corrected chi connectivity index (χ4v) is 3.02. The van der Waals surface area contributed by atoms with Crippen LogP contribution in [0.15, 0.2) is 6.20 Å². The van der Waals surface area contributed by atoms with Crippen molar-refractivity contribution in [3.05, 3.63) is 12.0 Å². The van der Waals surface area contributed by atoms with Gasteiger partial charge in [0.25, 0.3) is 0 Å². The molecule has 1 fully saturated rings. The molecule has 94 valence electrons. The van der Waals surface area contributed by atoms with Gasteiger partial charge < -0.3 is 10.6 Å². The van der Waals surface area contributed by atoms with Gasteiger partial charge in [-0.05, 0) is 12.8 Å². The van der Waals surface area contributed by atoms with E-state index >= 15 is 0 Å². The van der Waals surface area contributed by atoms with Crippen LogP contribution in [-0.4, -0.2) is 38.8 Å². The number of anilines is 2. The molecule has 17 heavy (non-hydrogen) atoms. The van der Waals surface area contributed by atoms with Crippen molar-refractivity contribution in [2.24, 2.45) is 0 Å². The number of aromatic nitrogens is 2. The molecule has 1 aliphatic heterocycles. The van der Waals surface area contributed by atoms with Gasteiger partial charge >= 0.3 is 0 Å². The Kier molecular flexibility index (Phi) is 3.88. The molecule has 0 aromatic carbocycles. The molecule has 0 atom stereocenters. The first-order valence-electron chi connectivity index (χ1n) is 5.51. The van der Waals surface area contributed by atoms with E-state index in [0.717, 1.165) is 19.0 Å². The molecule has 0 amide bonds. The molecular formula is C10H15FN4OS. The van der Waals surface area contributed by atoms with E-state index in [-0.39, 0.29) is 11.9 Å². The van der Waals surface area contributed by atoms with Crippen molar-refractivity contribution < 1.29 is 8.60 Å². The van der Waals surface area contributed by atoms with E-state index in [1.807, 2.05) is 0 Å². The van der Waals surface area contributed by atoms with Crippen LogP contribution < -0.4 is 10.6 Å². The third-order valence-corrected chi connectivity index (χ3v) is 4.08. The van der Waals surface area contributed by atoms with E-state index in [4.69, 9.17) is 0 Å². The fraction of sp³-hybridized carbons (Fsp3) is 0.600. The Morgan fingerprint density at radius 3 is 2.82 bits per heavy atom. The van der Waals surface area contributed by atoms with Crippen LogP contribution in [0.2, 0.25) is 0 Å². The second kappa shape index (κ2) is 5.39. The molecule has 2 rings (SSSR count). The molecule has 1 aliphatic rings. The van der Waals surface area contributed by atoms with Crippen LogP contribution >= 0.6 is 0 Å². The second-order valence-corrected chi connectivity index (χ2v) is 5.60. The molecule has 0 saturated carbocycles. The summed E-state index contributed by atoms with van der Waals surface area (Å²) < 4.78 is 24.7. The van der Waals surface area contributed by atoms with Crippen molar-refractivity contribution in [2.75, 3.05) is 29.2 Å². The standard InChI is InChI=1S/C10H15FN4OS/c1-12-10-13-6-8(11)9(15-10)14-7-2-4-17(16)5-3-7/h6-7H,2-5H2,1H3,(H2,12,13,14,15). The molecule has 2 heterocycles. The van der Waals surface area contributed by atoms with Crippen LogP contribution in [0.3, 0.4) is 0 Å². The normalized spacial score (nSPS) is 24.4. The van der Waals surface area contributed by atoms with Crippen LogP contribution in [0.5, 0.6) is 0 Å². The molecule has 1 aromatic heterocycles. The van der Waals surface area contributed by atoms with Gasteiger partial charge in [-0.2, -0.15) is 4.98 Å². The van der Waals surface area contributed by atoms with Crippen molar-refractivity contribution in [1.82, 2.24) is 9.97 Å². The maximum Gasteiger partial charge on any atom is 0.224 e. The summed E-state index contributed by atoms with van der Waals surface area (Å²) in [6.45, 7) is 0. The van der Waals surface area contributed by atoms with Gasteiger partial charge in [0.05, 0.1) is 6.20 Å². The van der Waals surface area contributed by atoms with Gasteiger partial charge in [-0.15, -0.1) is 0 Å². The van der Waals surface area contributed by atoms with Crippen LogP contribution in [-0.2, 0) is 10.8 Å². The minimum Gasteiger partial charge on any atom is -0.365 e. The van der Waals surface area contributed by atoms with Crippen molar-refractivity contribution in [2.45, 2.75) is 18.9 Å². The number of halogens is 1. The molecule has 5 nitrogen and oxygen atoms in total.